The summed E-state index contributed by atoms with van der Waals surface area (Å²) in [6.07, 6.45) is 4.83. The third-order valence-corrected chi connectivity index (χ3v) is 20.3. The predicted octanol–water partition coefficient (Wildman–Crippen LogP) is 6.95. The largest absolute Gasteiger partial charge is 1.00 e. The van der Waals surface area contributed by atoms with Crippen molar-refractivity contribution in [2.45, 2.75) is 191 Å². The first-order chi connectivity index (χ1) is 22.1. The van der Waals surface area contributed by atoms with Crippen LogP contribution in [0.5, 0.6) is 0 Å². The van der Waals surface area contributed by atoms with Crippen molar-refractivity contribution in [3.05, 3.63) is 6.92 Å². The van der Waals surface area contributed by atoms with Crippen LogP contribution < -0.4 is 43.0 Å². The Labute approximate surface area is 367 Å². The van der Waals surface area contributed by atoms with Gasteiger partial charge in [0.25, 0.3) is 0 Å². The summed E-state index contributed by atoms with van der Waals surface area (Å²) >= 11 is 5.40. The second-order valence-electron chi connectivity index (χ2n) is 14.9. The van der Waals surface area contributed by atoms with E-state index in [0.29, 0.717) is 25.6 Å². The molecule has 0 atom stereocenters. The van der Waals surface area contributed by atoms with Crippen LogP contribution in [0.2, 0.25) is 0 Å². The summed E-state index contributed by atoms with van der Waals surface area (Å²) in [6, 6.07) is 0. The summed E-state index contributed by atoms with van der Waals surface area (Å²) in [5.41, 5.74) is 6.39. The summed E-state index contributed by atoms with van der Waals surface area (Å²) < 4.78 is 4.65. The van der Waals surface area contributed by atoms with Gasteiger partial charge in [0.2, 0.25) is 0 Å². The van der Waals surface area contributed by atoms with Gasteiger partial charge >= 0.3 is 58.9 Å². The van der Waals surface area contributed by atoms with Crippen molar-refractivity contribution in [2.75, 3.05) is 51.0 Å². The molecule has 1 amide bonds. The van der Waals surface area contributed by atoms with Crippen LogP contribution in [0.1, 0.15) is 145 Å². The number of amides is 1. The van der Waals surface area contributed by atoms with E-state index in [2.05, 4.69) is 135 Å². The van der Waals surface area contributed by atoms with Crippen molar-refractivity contribution in [3.63, 3.8) is 0 Å². The van der Waals surface area contributed by atoms with E-state index in [1.807, 2.05) is 0 Å². The Morgan fingerprint density at radius 1 is 0.731 bits per heavy atom. The molecule has 0 unspecified atom stereocenters. The molecule has 0 aromatic carbocycles. The molecule has 0 saturated carbocycles. The molecule has 1 heterocycles. The van der Waals surface area contributed by atoms with Crippen LogP contribution in [0.15, 0.2) is 0 Å². The molecule has 0 bridgehead atoms. The van der Waals surface area contributed by atoms with E-state index in [9.17, 15) is 4.79 Å². The average Bonchev–Trinajstić information content (AvgIpc) is 3.40. The van der Waals surface area contributed by atoms with E-state index < -0.39 is 15.6 Å². The summed E-state index contributed by atoms with van der Waals surface area (Å²) in [5, 5.41) is 3.70. The molecule has 302 valence electrons. The standard InChI is InChI=1S/C16H37NP2.2C6H15BP.C5H8ClNO2.C4H9.2CH4.2Li/c1-13(2)18(14(3)4)11-9-17-10-12-19(15(5)6)16(7)8;2*1-5(2)8(7)6(3)4;6-1-2-7-3-4-9-5(7)8;1-3-4-2;;;;/h13-17H,9-12H2,1-8H3;2*5-6,8H,1-4H3;1-4H2;1,3-4H2,2H3;2*1H4;;/q;2*+1;;-1;;;2*+1. The maximum absolute atomic E-state index is 10.6. The molecular weight excluding hydrogens is 723 g/mol. The summed E-state index contributed by atoms with van der Waals surface area (Å²) in [5.74, 6) is 0.481. The smallest absolute Gasteiger partial charge is 0.448 e. The number of carbonyl (C=O) groups is 1. The van der Waals surface area contributed by atoms with Gasteiger partial charge < -0.3 is 21.9 Å². The maximum Gasteiger partial charge on any atom is 1.00 e. The van der Waals surface area contributed by atoms with Crippen LogP contribution in [-0.2, 0) is 4.74 Å². The Hall–Kier alpha value is 2.56. The number of carbonyl (C=O) groups excluding carboxylic acids is 1. The number of hydrogen-bond acceptors (Lipinski definition) is 3. The zero-order valence-electron chi connectivity index (χ0n) is 37.1. The SMILES string of the molecule is C.C.CC(C)P(CCNCCP(C(C)C)C(C)C)C(C)C.O=C1OCCN1CCCl.[B][PH+](C(C)C)C(C)C.[B][PH+](C(C)C)C(C)C.[CH2-]CCC.[Li+].[Li+]. The van der Waals surface area contributed by atoms with Gasteiger partial charge in [0.15, 0.2) is 0 Å². The van der Waals surface area contributed by atoms with Gasteiger partial charge in [0, 0.05) is 35.1 Å². The van der Waals surface area contributed by atoms with Crippen molar-refractivity contribution in [1.29, 1.82) is 0 Å². The first-order valence-corrected chi connectivity index (χ1v) is 26.2. The fraction of sp³-hybridized carbons (Fsp3) is 0.949. The molecule has 0 spiro atoms. The molecule has 4 radical (unpaired) electrons. The van der Waals surface area contributed by atoms with Crippen molar-refractivity contribution >= 4 is 64.3 Å². The second-order valence-corrected chi connectivity index (χ2v) is 28.9. The monoisotopic (exact) mass is 816 g/mol. The third kappa shape index (κ3) is 43.7. The van der Waals surface area contributed by atoms with Gasteiger partial charge in [-0.2, -0.15) is 6.42 Å². The zero-order chi connectivity index (χ0) is 38.6. The minimum absolute atomic E-state index is 0. The quantitative estimate of drug-likeness (QED) is 0.0569. The fourth-order valence-corrected chi connectivity index (χ4v) is 13.0. The van der Waals surface area contributed by atoms with Crippen LogP contribution in [0.4, 0.5) is 4.79 Å². The zero-order valence-corrected chi connectivity index (χ0v) is 41.6. The number of hydrogen-bond donors (Lipinski definition) is 1. The average molecular weight is 816 g/mol. The van der Waals surface area contributed by atoms with Crippen LogP contribution in [-0.4, -0.2) is 122 Å². The van der Waals surface area contributed by atoms with Gasteiger partial charge in [0.1, 0.15) is 6.61 Å². The molecule has 1 fully saturated rings. The molecule has 1 saturated heterocycles. The molecule has 1 rings (SSSR count). The molecule has 0 aromatic rings. The first kappa shape index (κ1) is 72.2. The van der Waals surface area contributed by atoms with E-state index in [-0.39, 0.29) is 74.5 Å². The topological polar surface area (TPSA) is 41.6 Å². The third-order valence-electron chi connectivity index (χ3n) is 7.97. The molecule has 13 heteroatoms. The molecular formula is C39H92B2ClLi2N2O2P4+3. The Morgan fingerprint density at radius 2 is 1.02 bits per heavy atom. The van der Waals surface area contributed by atoms with E-state index in [1.54, 1.807) is 4.90 Å². The van der Waals surface area contributed by atoms with Crippen molar-refractivity contribution in [3.8, 4) is 0 Å². The van der Waals surface area contributed by atoms with Gasteiger partial charge in [-0.1, -0.05) is 83.6 Å². The molecule has 1 N–H and O–H groups in total. The van der Waals surface area contributed by atoms with Gasteiger partial charge in [0.05, 0.1) is 6.54 Å². The van der Waals surface area contributed by atoms with Crippen molar-refractivity contribution in [1.82, 2.24) is 10.2 Å². The number of halogens is 1. The number of nitrogens with one attached hydrogen (secondary N) is 1. The maximum atomic E-state index is 10.6. The minimum atomic E-state index is -0.524. The second kappa shape index (κ2) is 46.3. The molecule has 1 aliphatic rings. The summed E-state index contributed by atoms with van der Waals surface area (Å²) in [7, 11) is 11.1. The molecule has 52 heavy (non-hydrogen) atoms. The van der Waals surface area contributed by atoms with Gasteiger partial charge in [-0.05, 0) is 119 Å². The van der Waals surface area contributed by atoms with Crippen molar-refractivity contribution < 1.29 is 47.3 Å². The number of unbranched alkanes of at least 4 members (excludes halogenated alkanes) is 1. The number of rotatable bonds is 17. The Balaban J connectivity index is -0.0000000833. The van der Waals surface area contributed by atoms with Crippen LogP contribution in [0.25, 0.3) is 0 Å². The van der Waals surface area contributed by atoms with E-state index in [0.717, 1.165) is 51.7 Å². The molecule has 4 nitrogen and oxygen atoms in total. The van der Waals surface area contributed by atoms with Crippen LogP contribution >= 0.6 is 43.0 Å². The number of ether oxygens (including phenoxy) is 1. The number of alkyl halides is 1. The Morgan fingerprint density at radius 3 is 1.17 bits per heavy atom. The fourth-order valence-electron chi connectivity index (χ4n) is 4.83. The number of nitrogens with zero attached hydrogens (tertiary/aromatic N) is 1. The summed E-state index contributed by atoms with van der Waals surface area (Å²) in [4.78, 5) is 12.2. The van der Waals surface area contributed by atoms with Gasteiger partial charge in [-0.3, -0.25) is 0 Å². The Bertz CT molecular complexity index is 645. The van der Waals surface area contributed by atoms with Crippen LogP contribution in [0, 0.1) is 6.92 Å². The number of cyclic esters (lactones) is 1. The molecule has 1 aliphatic heterocycles. The van der Waals surface area contributed by atoms with Crippen molar-refractivity contribution in [2.24, 2.45) is 0 Å². The molecule has 0 aromatic heterocycles. The van der Waals surface area contributed by atoms with E-state index in [4.69, 9.17) is 26.7 Å². The predicted molar refractivity (Wildman–Crippen MR) is 253 cm³/mol. The van der Waals surface area contributed by atoms with Gasteiger partial charge in [-0.15, -0.1) is 27.4 Å². The van der Waals surface area contributed by atoms with E-state index in [1.165, 1.54) is 31.8 Å². The van der Waals surface area contributed by atoms with E-state index >= 15 is 0 Å². The van der Waals surface area contributed by atoms with Crippen LogP contribution in [0.3, 0.4) is 0 Å². The molecule has 0 aliphatic carbocycles. The minimum Gasteiger partial charge on any atom is -0.448 e. The normalized spacial score (nSPS) is 12.1. The first-order valence-electron chi connectivity index (χ1n) is 18.9. The Kier molecular flexibility index (Phi) is 64.2. The summed E-state index contributed by atoms with van der Waals surface area (Å²) in [6.45, 7) is 46.7. The van der Waals surface area contributed by atoms with Gasteiger partial charge in [-0.25, -0.2) is 4.79 Å².